The molecule has 0 aliphatic heterocycles. The normalized spacial score (nSPS) is 14.7. The van der Waals surface area contributed by atoms with Gasteiger partial charge in [0.15, 0.2) is 0 Å². The Morgan fingerprint density at radius 2 is 1.86 bits per heavy atom. The van der Waals surface area contributed by atoms with Gasteiger partial charge in [0.05, 0.1) is 5.37 Å². The van der Waals surface area contributed by atoms with E-state index in [0.717, 1.165) is 13.0 Å². The molecule has 0 radical (unpaired) electrons. The van der Waals surface area contributed by atoms with Gasteiger partial charge in [-0.05, 0) is 34.1 Å². The minimum atomic E-state index is 0.244. The summed E-state index contributed by atoms with van der Waals surface area (Å²) in [5.74, 6) is 0. The van der Waals surface area contributed by atoms with Crippen molar-refractivity contribution in [3.05, 3.63) is 23.4 Å². The zero-order chi connectivity index (χ0) is 11.3. The van der Waals surface area contributed by atoms with E-state index < -0.39 is 0 Å². The molecule has 1 unspecified atom stereocenters. The molecule has 0 bridgehead atoms. The van der Waals surface area contributed by atoms with E-state index in [1.54, 1.807) is 0 Å². The molecule has 0 saturated heterocycles. The Kier molecular flexibility index (Phi) is 6.01. The lowest BCUT2D eigenvalue weighted by Gasteiger charge is -2.30. The summed E-state index contributed by atoms with van der Waals surface area (Å²) in [5.41, 5.74) is 3.93. The van der Waals surface area contributed by atoms with Gasteiger partial charge >= 0.3 is 0 Å². The van der Waals surface area contributed by atoms with Crippen LogP contribution >= 0.6 is 12.6 Å². The monoisotopic (exact) mass is 213 g/mol. The van der Waals surface area contributed by atoms with Crippen LogP contribution in [0, 0.1) is 0 Å². The summed E-state index contributed by atoms with van der Waals surface area (Å²) in [6, 6.07) is 0. The van der Waals surface area contributed by atoms with E-state index in [9.17, 15) is 0 Å². The Hall–Kier alpha value is -0.370. The Balaban J connectivity index is 4.74. The van der Waals surface area contributed by atoms with Gasteiger partial charge in [-0.25, -0.2) is 0 Å². The fourth-order valence-corrected chi connectivity index (χ4v) is 1.58. The van der Waals surface area contributed by atoms with Crippen LogP contribution in [0.4, 0.5) is 0 Å². The van der Waals surface area contributed by atoms with Crippen molar-refractivity contribution in [1.82, 2.24) is 4.90 Å². The van der Waals surface area contributed by atoms with Gasteiger partial charge in [0.2, 0.25) is 0 Å². The highest BCUT2D eigenvalue weighted by molar-refractivity contribution is 7.80. The minimum Gasteiger partial charge on any atom is -0.360 e. The second-order valence-corrected chi connectivity index (χ2v) is 4.68. The maximum Gasteiger partial charge on any atom is 0.0694 e. The molecule has 0 amide bonds. The zero-order valence-corrected chi connectivity index (χ0v) is 11.0. The van der Waals surface area contributed by atoms with Crippen LogP contribution in [0.1, 0.15) is 41.0 Å². The Bertz CT molecular complexity index is 228. The third kappa shape index (κ3) is 4.23. The van der Waals surface area contributed by atoms with E-state index >= 15 is 0 Å². The van der Waals surface area contributed by atoms with Crippen LogP contribution in [-0.4, -0.2) is 16.8 Å². The summed E-state index contributed by atoms with van der Waals surface area (Å²) in [6.07, 6.45) is 1.10. The van der Waals surface area contributed by atoms with E-state index in [0.29, 0.717) is 0 Å². The molecule has 1 atom stereocenters. The lowest BCUT2D eigenvalue weighted by molar-refractivity contribution is 0.363. The Morgan fingerprint density at radius 3 is 2.14 bits per heavy atom. The molecule has 0 rings (SSSR count). The second kappa shape index (κ2) is 6.18. The second-order valence-electron chi connectivity index (χ2n) is 3.94. The van der Waals surface area contributed by atoms with Crippen LogP contribution in [0.3, 0.4) is 0 Å². The fraction of sp³-hybridized carbons (Fsp3) is 0.667. The van der Waals surface area contributed by atoms with Crippen molar-refractivity contribution < 1.29 is 0 Å². The summed E-state index contributed by atoms with van der Waals surface area (Å²) in [5, 5.41) is 0.244. The van der Waals surface area contributed by atoms with Crippen LogP contribution in [0.2, 0.25) is 0 Å². The summed E-state index contributed by atoms with van der Waals surface area (Å²) in [7, 11) is 0. The zero-order valence-electron chi connectivity index (χ0n) is 10.1. The standard InChI is InChI=1S/C12H23NS/c1-7-10(4)11(5)13(12(6)14)8-9(2)3/h12,14H,2,7-8H2,1,3-6H3/b11-10-. The molecular formula is C12H23NS. The maximum atomic E-state index is 4.49. The molecule has 0 fully saturated rings. The van der Waals surface area contributed by atoms with Crippen LogP contribution in [0.5, 0.6) is 0 Å². The van der Waals surface area contributed by atoms with Crippen molar-refractivity contribution in [2.75, 3.05) is 6.54 Å². The largest absolute Gasteiger partial charge is 0.360 e. The van der Waals surface area contributed by atoms with Gasteiger partial charge < -0.3 is 4.90 Å². The third-order valence-corrected chi connectivity index (χ3v) is 2.75. The molecule has 0 aromatic carbocycles. The topological polar surface area (TPSA) is 3.24 Å². The fourth-order valence-electron chi connectivity index (χ4n) is 1.32. The highest BCUT2D eigenvalue weighted by Gasteiger charge is 2.11. The quantitative estimate of drug-likeness (QED) is 0.412. The van der Waals surface area contributed by atoms with Crippen molar-refractivity contribution in [3.63, 3.8) is 0 Å². The first-order valence-electron chi connectivity index (χ1n) is 5.15. The first-order valence-corrected chi connectivity index (χ1v) is 5.67. The summed E-state index contributed by atoms with van der Waals surface area (Å²) in [6.45, 7) is 15.5. The molecule has 0 heterocycles. The SMILES string of the molecule is C=C(C)CN(/C(C)=C(/C)CC)C(C)S. The van der Waals surface area contributed by atoms with Crippen LogP contribution in [-0.2, 0) is 0 Å². The molecule has 2 heteroatoms. The maximum absolute atomic E-state index is 4.49. The molecule has 0 aliphatic rings. The lowest BCUT2D eigenvalue weighted by atomic mass is 10.1. The van der Waals surface area contributed by atoms with Crippen molar-refractivity contribution in [2.45, 2.75) is 46.4 Å². The third-order valence-electron chi connectivity index (χ3n) is 2.47. The van der Waals surface area contributed by atoms with E-state index in [4.69, 9.17) is 0 Å². The van der Waals surface area contributed by atoms with Crippen LogP contribution in [0.15, 0.2) is 23.4 Å². The van der Waals surface area contributed by atoms with Crippen molar-refractivity contribution >= 4 is 12.6 Å². The van der Waals surface area contributed by atoms with Crippen molar-refractivity contribution in [1.29, 1.82) is 0 Å². The molecule has 0 aromatic rings. The molecule has 1 nitrogen and oxygen atoms in total. The van der Waals surface area contributed by atoms with Gasteiger partial charge in [-0.2, -0.15) is 12.6 Å². The highest BCUT2D eigenvalue weighted by atomic mass is 32.1. The average molecular weight is 213 g/mol. The Labute approximate surface area is 94.3 Å². The highest BCUT2D eigenvalue weighted by Crippen LogP contribution is 2.18. The van der Waals surface area contributed by atoms with Crippen molar-refractivity contribution in [2.24, 2.45) is 0 Å². The number of thiol groups is 1. The van der Waals surface area contributed by atoms with E-state index in [1.165, 1.54) is 16.8 Å². The van der Waals surface area contributed by atoms with E-state index in [1.807, 2.05) is 0 Å². The summed E-state index contributed by atoms with van der Waals surface area (Å²) < 4.78 is 0. The van der Waals surface area contributed by atoms with E-state index in [-0.39, 0.29) is 5.37 Å². The van der Waals surface area contributed by atoms with Crippen LogP contribution < -0.4 is 0 Å². The van der Waals surface area contributed by atoms with Gasteiger partial charge in [0.25, 0.3) is 0 Å². The molecule has 0 spiro atoms. The van der Waals surface area contributed by atoms with Gasteiger partial charge in [0.1, 0.15) is 0 Å². The smallest absolute Gasteiger partial charge is 0.0694 e. The van der Waals surface area contributed by atoms with E-state index in [2.05, 4.69) is 58.7 Å². The first kappa shape index (κ1) is 13.6. The van der Waals surface area contributed by atoms with Gasteiger partial charge in [-0.1, -0.05) is 24.6 Å². The average Bonchev–Trinajstić information content (AvgIpc) is 2.11. The first-order chi connectivity index (χ1) is 6.40. The molecule has 0 N–H and O–H groups in total. The van der Waals surface area contributed by atoms with Gasteiger partial charge in [0, 0.05) is 12.2 Å². The van der Waals surface area contributed by atoms with Crippen molar-refractivity contribution in [3.8, 4) is 0 Å². The van der Waals surface area contributed by atoms with Gasteiger partial charge in [-0.3, -0.25) is 0 Å². The lowest BCUT2D eigenvalue weighted by Crippen LogP contribution is -2.29. The van der Waals surface area contributed by atoms with Gasteiger partial charge in [-0.15, -0.1) is 0 Å². The molecule has 82 valence electrons. The van der Waals surface area contributed by atoms with Crippen LogP contribution in [0.25, 0.3) is 0 Å². The predicted octanol–water partition coefficient (Wildman–Crippen LogP) is 3.84. The summed E-state index contributed by atoms with van der Waals surface area (Å²) >= 11 is 4.49. The molecule has 0 saturated carbocycles. The molecule has 0 aromatic heterocycles. The molecule has 14 heavy (non-hydrogen) atoms. The molecule has 0 aliphatic carbocycles. The predicted molar refractivity (Wildman–Crippen MR) is 68.6 cm³/mol. The number of hydrogen-bond donors (Lipinski definition) is 1. The Morgan fingerprint density at radius 1 is 1.36 bits per heavy atom. The number of rotatable bonds is 5. The molecular weight excluding hydrogens is 190 g/mol. The number of hydrogen-bond acceptors (Lipinski definition) is 2. The minimum absolute atomic E-state index is 0.244. The number of allylic oxidation sites excluding steroid dienone is 2. The number of nitrogens with zero attached hydrogens (tertiary/aromatic N) is 1. The summed E-state index contributed by atoms with van der Waals surface area (Å²) in [4.78, 5) is 2.28.